The highest BCUT2D eigenvalue weighted by Crippen LogP contribution is 2.11. The molecule has 6 nitrogen and oxygen atoms in total. The molecule has 0 atom stereocenters. The Hall–Kier alpha value is -2.64. The lowest BCUT2D eigenvalue weighted by molar-refractivity contribution is -0.121. The molecule has 138 valence electrons. The van der Waals surface area contributed by atoms with Gasteiger partial charge in [0.15, 0.2) is 0 Å². The zero-order valence-electron chi connectivity index (χ0n) is 14.8. The van der Waals surface area contributed by atoms with Crippen molar-refractivity contribution >= 4 is 22.0 Å². The van der Waals surface area contributed by atoms with Crippen LogP contribution in [0.4, 0.5) is 0 Å². The van der Waals surface area contributed by atoms with Gasteiger partial charge in [0.2, 0.25) is 15.9 Å². The van der Waals surface area contributed by atoms with E-state index in [1.807, 2.05) is 30.3 Å². The number of benzene rings is 2. The quantitative estimate of drug-likeness (QED) is 0.769. The van der Waals surface area contributed by atoms with Crippen molar-refractivity contribution in [3.63, 3.8) is 0 Å². The predicted molar refractivity (Wildman–Crippen MR) is 102 cm³/mol. The van der Waals surface area contributed by atoms with E-state index in [2.05, 4.69) is 5.32 Å². The van der Waals surface area contributed by atoms with Gasteiger partial charge >= 0.3 is 0 Å². The Kier molecular flexibility index (Phi) is 6.94. The second-order valence-electron chi connectivity index (χ2n) is 5.64. The van der Waals surface area contributed by atoms with E-state index in [1.165, 1.54) is 13.1 Å². The van der Waals surface area contributed by atoms with Crippen LogP contribution in [0.3, 0.4) is 0 Å². The molecule has 1 amide bonds. The van der Waals surface area contributed by atoms with Crippen molar-refractivity contribution in [1.29, 1.82) is 0 Å². The number of hydrogen-bond acceptors (Lipinski definition) is 4. The Balaban J connectivity index is 1.87. The summed E-state index contributed by atoms with van der Waals surface area (Å²) in [5, 5.41) is 3.80. The van der Waals surface area contributed by atoms with Crippen molar-refractivity contribution in [2.24, 2.45) is 0 Å². The van der Waals surface area contributed by atoms with Crippen LogP contribution < -0.4 is 10.1 Å². The lowest BCUT2D eigenvalue weighted by Crippen LogP contribution is -2.37. The van der Waals surface area contributed by atoms with Gasteiger partial charge in [0.05, 0.1) is 13.7 Å². The molecule has 0 heterocycles. The number of nitrogens with zero attached hydrogens (tertiary/aromatic N) is 1. The maximum absolute atomic E-state index is 12.2. The molecule has 0 aromatic heterocycles. The van der Waals surface area contributed by atoms with Gasteiger partial charge in [-0.3, -0.25) is 4.79 Å². The number of rotatable bonds is 8. The molecule has 0 saturated carbocycles. The second-order valence-corrected chi connectivity index (χ2v) is 7.56. The van der Waals surface area contributed by atoms with E-state index in [9.17, 15) is 13.2 Å². The summed E-state index contributed by atoms with van der Waals surface area (Å²) in [5.74, 6) is 0.358. The third-order valence-electron chi connectivity index (χ3n) is 3.68. The monoisotopic (exact) mass is 374 g/mol. The molecule has 0 aliphatic rings. The number of carbonyl (C=O) groups is 1. The minimum Gasteiger partial charge on any atom is -0.497 e. The molecular formula is C19H22N2O4S. The molecule has 0 spiro atoms. The van der Waals surface area contributed by atoms with Crippen LogP contribution in [0, 0.1) is 0 Å². The first-order valence-electron chi connectivity index (χ1n) is 8.00. The minimum absolute atomic E-state index is 0.252. The van der Waals surface area contributed by atoms with Crippen LogP contribution in [0.1, 0.15) is 11.1 Å². The number of nitrogens with one attached hydrogen (secondary N) is 1. The van der Waals surface area contributed by atoms with Gasteiger partial charge in [-0.25, -0.2) is 8.42 Å². The Morgan fingerprint density at radius 1 is 1.12 bits per heavy atom. The third kappa shape index (κ3) is 6.02. The fourth-order valence-corrected chi connectivity index (χ4v) is 2.96. The van der Waals surface area contributed by atoms with Crippen LogP contribution in [-0.4, -0.2) is 39.3 Å². The van der Waals surface area contributed by atoms with Crippen LogP contribution in [0.5, 0.6) is 5.75 Å². The average molecular weight is 374 g/mol. The summed E-state index contributed by atoms with van der Waals surface area (Å²) in [6, 6.07) is 16.4. The van der Waals surface area contributed by atoms with Gasteiger partial charge in [-0.05, 0) is 29.3 Å². The van der Waals surface area contributed by atoms with Crippen LogP contribution in [0.2, 0.25) is 0 Å². The van der Waals surface area contributed by atoms with Crippen LogP contribution in [0.25, 0.3) is 6.08 Å². The van der Waals surface area contributed by atoms with Crippen molar-refractivity contribution in [3.8, 4) is 5.75 Å². The first-order chi connectivity index (χ1) is 12.4. The molecule has 7 heteroatoms. The van der Waals surface area contributed by atoms with Crippen molar-refractivity contribution < 1.29 is 17.9 Å². The van der Waals surface area contributed by atoms with Gasteiger partial charge in [0, 0.05) is 19.0 Å². The summed E-state index contributed by atoms with van der Waals surface area (Å²) in [6.07, 6.45) is 1.50. The smallest absolute Gasteiger partial charge is 0.236 e. The van der Waals surface area contributed by atoms with Gasteiger partial charge in [-0.15, -0.1) is 0 Å². The molecule has 0 saturated heterocycles. The predicted octanol–water partition coefficient (Wildman–Crippen LogP) is 2.24. The zero-order chi connectivity index (χ0) is 19.0. The van der Waals surface area contributed by atoms with Crippen LogP contribution >= 0.6 is 0 Å². The second kappa shape index (κ2) is 9.17. The van der Waals surface area contributed by atoms with Gasteiger partial charge in [0.1, 0.15) is 5.75 Å². The largest absolute Gasteiger partial charge is 0.497 e. The molecule has 2 aromatic rings. The number of likely N-dealkylation sites (N-methyl/N-ethyl adjacent to an activating group) is 1. The van der Waals surface area contributed by atoms with Crippen molar-refractivity contribution in [3.05, 3.63) is 71.1 Å². The zero-order valence-corrected chi connectivity index (χ0v) is 15.6. The molecule has 0 unspecified atom stereocenters. The molecule has 2 aromatic carbocycles. The van der Waals surface area contributed by atoms with Gasteiger partial charge in [-0.1, -0.05) is 42.5 Å². The number of sulfonamides is 1. The van der Waals surface area contributed by atoms with Crippen LogP contribution in [0.15, 0.2) is 60.0 Å². The third-order valence-corrected chi connectivity index (χ3v) is 5.16. The summed E-state index contributed by atoms with van der Waals surface area (Å²) in [4.78, 5) is 12.0. The van der Waals surface area contributed by atoms with Crippen LogP contribution in [-0.2, 0) is 21.4 Å². The number of ether oxygens (including phenoxy) is 1. The normalized spacial score (nSPS) is 11.7. The molecule has 0 aliphatic carbocycles. The van der Waals surface area contributed by atoms with E-state index in [0.717, 1.165) is 26.6 Å². The maximum atomic E-state index is 12.2. The Bertz CT molecular complexity index is 847. The topological polar surface area (TPSA) is 75.7 Å². The highest BCUT2D eigenvalue weighted by atomic mass is 32.2. The molecular weight excluding hydrogens is 352 g/mol. The Labute approximate surface area is 154 Å². The fraction of sp³-hybridized carbons (Fsp3) is 0.211. The summed E-state index contributed by atoms with van der Waals surface area (Å²) in [5.41, 5.74) is 1.67. The molecule has 26 heavy (non-hydrogen) atoms. The SMILES string of the molecule is COc1ccc(CNC(=O)CN(C)S(=O)(=O)/C=C/c2ccccc2)cc1. The number of hydrogen-bond donors (Lipinski definition) is 1. The van der Waals surface area contributed by atoms with E-state index in [0.29, 0.717) is 6.54 Å². The Morgan fingerprint density at radius 2 is 1.77 bits per heavy atom. The van der Waals surface area contributed by atoms with Crippen molar-refractivity contribution in [2.75, 3.05) is 20.7 Å². The number of carbonyl (C=O) groups excluding carboxylic acids is 1. The van der Waals surface area contributed by atoms with E-state index < -0.39 is 10.0 Å². The summed E-state index contributed by atoms with van der Waals surface area (Å²) >= 11 is 0. The van der Waals surface area contributed by atoms with E-state index in [-0.39, 0.29) is 12.5 Å². The molecule has 0 aliphatic heterocycles. The van der Waals surface area contributed by atoms with Gasteiger partial charge in [-0.2, -0.15) is 4.31 Å². The van der Waals surface area contributed by atoms with E-state index >= 15 is 0 Å². The molecule has 2 rings (SSSR count). The molecule has 0 radical (unpaired) electrons. The first kappa shape index (κ1) is 19.7. The highest BCUT2D eigenvalue weighted by molar-refractivity contribution is 7.92. The lowest BCUT2D eigenvalue weighted by Gasteiger charge is -2.14. The number of amides is 1. The number of methoxy groups -OCH3 is 1. The molecule has 0 bridgehead atoms. The molecule has 1 N–H and O–H groups in total. The fourth-order valence-electron chi connectivity index (χ4n) is 2.12. The summed E-state index contributed by atoms with van der Waals surface area (Å²) in [7, 11) is -0.715. The van der Waals surface area contributed by atoms with E-state index in [4.69, 9.17) is 4.74 Å². The summed E-state index contributed by atoms with van der Waals surface area (Å²) < 4.78 is 30.5. The van der Waals surface area contributed by atoms with Gasteiger partial charge in [0.25, 0.3) is 0 Å². The van der Waals surface area contributed by atoms with E-state index in [1.54, 1.807) is 31.4 Å². The molecule has 0 fully saturated rings. The van der Waals surface area contributed by atoms with Crippen molar-refractivity contribution in [1.82, 2.24) is 9.62 Å². The lowest BCUT2D eigenvalue weighted by atomic mass is 10.2. The minimum atomic E-state index is -3.67. The van der Waals surface area contributed by atoms with Gasteiger partial charge < -0.3 is 10.1 Å². The standard InChI is InChI=1S/C19H22N2O4S/c1-21(26(23,24)13-12-16-6-4-3-5-7-16)15-19(22)20-14-17-8-10-18(25-2)11-9-17/h3-13H,14-15H2,1-2H3,(H,20,22)/b13-12+. The average Bonchev–Trinajstić information content (AvgIpc) is 2.66. The van der Waals surface area contributed by atoms with Crippen molar-refractivity contribution in [2.45, 2.75) is 6.54 Å². The highest BCUT2D eigenvalue weighted by Gasteiger charge is 2.17. The maximum Gasteiger partial charge on any atom is 0.236 e. The summed E-state index contributed by atoms with van der Waals surface area (Å²) in [6.45, 7) is 0.0637. The Morgan fingerprint density at radius 3 is 2.38 bits per heavy atom. The first-order valence-corrected chi connectivity index (χ1v) is 9.50.